The molecule has 0 saturated carbocycles. The number of hydrogen-bond donors (Lipinski definition) is 1. The quantitative estimate of drug-likeness (QED) is 0.528. The molecule has 32 heavy (non-hydrogen) atoms. The topological polar surface area (TPSA) is 49.4 Å². The number of carbonyl (C=O) groups is 2. The van der Waals surface area contributed by atoms with Crippen molar-refractivity contribution in [1.29, 1.82) is 0 Å². The van der Waals surface area contributed by atoms with Gasteiger partial charge in [0, 0.05) is 5.69 Å². The van der Waals surface area contributed by atoms with Crippen LogP contribution in [0.3, 0.4) is 0 Å². The lowest BCUT2D eigenvalue weighted by Gasteiger charge is -2.17. The summed E-state index contributed by atoms with van der Waals surface area (Å²) in [6.07, 6.45) is 0. The Kier molecular flexibility index (Phi) is 5.47. The third-order valence-electron chi connectivity index (χ3n) is 5.84. The zero-order valence-corrected chi connectivity index (χ0v) is 19.5. The van der Waals surface area contributed by atoms with E-state index in [0.717, 1.165) is 44.6 Å². The van der Waals surface area contributed by atoms with Crippen LogP contribution in [0.15, 0.2) is 60.3 Å². The van der Waals surface area contributed by atoms with Crippen molar-refractivity contribution in [2.75, 3.05) is 10.2 Å². The van der Waals surface area contributed by atoms with Gasteiger partial charge in [-0.05, 0) is 87.6 Å². The minimum Gasteiger partial charge on any atom is -0.350 e. The maximum Gasteiger partial charge on any atom is 0.282 e. The van der Waals surface area contributed by atoms with Crippen molar-refractivity contribution in [2.24, 2.45) is 0 Å². The maximum atomic E-state index is 13.7. The molecule has 4 rings (SSSR count). The Morgan fingerprint density at radius 2 is 1.22 bits per heavy atom. The van der Waals surface area contributed by atoms with Gasteiger partial charge in [-0.2, -0.15) is 0 Å². The summed E-state index contributed by atoms with van der Waals surface area (Å²) in [5.41, 5.74) is 9.14. The molecule has 0 radical (unpaired) electrons. The van der Waals surface area contributed by atoms with Crippen LogP contribution in [0.5, 0.6) is 0 Å². The Hall–Kier alpha value is -3.66. The summed E-state index contributed by atoms with van der Waals surface area (Å²) in [5.74, 6) is -0.644. The lowest BCUT2D eigenvalue weighted by atomic mass is 9.97. The Bertz CT molecular complexity index is 1280. The van der Waals surface area contributed by atoms with E-state index in [4.69, 9.17) is 0 Å². The van der Waals surface area contributed by atoms with Gasteiger partial charge in [-0.1, -0.05) is 47.5 Å². The van der Waals surface area contributed by atoms with Crippen LogP contribution in [0.2, 0.25) is 0 Å². The summed E-state index contributed by atoms with van der Waals surface area (Å²) in [7, 11) is 0. The summed E-state index contributed by atoms with van der Waals surface area (Å²) in [5, 5.41) is 3.30. The average molecular weight is 425 g/mol. The number of nitrogens with zero attached hydrogens (tertiary/aromatic N) is 1. The van der Waals surface area contributed by atoms with E-state index >= 15 is 0 Å². The van der Waals surface area contributed by atoms with E-state index in [-0.39, 0.29) is 11.8 Å². The number of carbonyl (C=O) groups excluding carboxylic acids is 2. The molecule has 1 heterocycles. The van der Waals surface area contributed by atoms with Crippen LogP contribution < -0.4 is 10.2 Å². The largest absolute Gasteiger partial charge is 0.350 e. The zero-order valence-electron chi connectivity index (χ0n) is 19.5. The van der Waals surface area contributed by atoms with Crippen molar-refractivity contribution in [2.45, 2.75) is 41.5 Å². The van der Waals surface area contributed by atoms with Crippen molar-refractivity contribution in [3.63, 3.8) is 0 Å². The number of hydrogen-bond acceptors (Lipinski definition) is 3. The number of aryl methyl sites for hydroxylation is 6. The third kappa shape index (κ3) is 3.84. The van der Waals surface area contributed by atoms with Crippen LogP contribution in [-0.4, -0.2) is 11.8 Å². The normalized spacial score (nSPS) is 13.9. The molecule has 0 bridgehead atoms. The molecule has 0 aliphatic carbocycles. The first kappa shape index (κ1) is 21.6. The second-order valence-electron chi connectivity index (χ2n) is 8.80. The molecule has 162 valence electrons. The van der Waals surface area contributed by atoms with Gasteiger partial charge in [-0.3, -0.25) is 9.59 Å². The van der Waals surface area contributed by atoms with Gasteiger partial charge in [-0.15, -0.1) is 0 Å². The first-order valence-corrected chi connectivity index (χ1v) is 10.8. The molecule has 4 nitrogen and oxygen atoms in total. The highest BCUT2D eigenvalue weighted by atomic mass is 16.2. The first-order valence-electron chi connectivity index (χ1n) is 10.8. The van der Waals surface area contributed by atoms with E-state index in [1.165, 1.54) is 4.90 Å². The Labute approximate surface area is 189 Å². The maximum absolute atomic E-state index is 13.7. The number of nitrogens with one attached hydrogen (secondary N) is 1. The molecule has 0 atom stereocenters. The number of amides is 2. The van der Waals surface area contributed by atoms with Crippen molar-refractivity contribution >= 4 is 28.8 Å². The fourth-order valence-electron chi connectivity index (χ4n) is 4.39. The van der Waals surface area contributed by atoms with Crippen LogP contribution in [0.1, 0.15) is 38.9 Å². The monoisotopic (exact) mass is 424 g/mol. The van der Waals surface area contributed by atoms with Gasteiger partial charge in [0.05, 0.1) is 11.3 Å². The van der Waals surface area contributed by atoms with Gasteiger partial charge in [-0.25, -0.2) is 4.90 Å². The van der Waals surface area contributed by atoms with E-state index in [1.54, 1.807) is 0 Å². The molecule has 0 spiro atoms. The number of benzene rings is 3. The smallest absolute Gasteiger partial charge is 0.282 e. The molecular weight excluding hydrogens is 396 g/mol. The Morgan fingerprint density at radius 1 is 0.625 bits per heavy atom. The predicted octanol–water partition coefficient (Wildman–Crippen LogP) is 5.93. The lowest BCUT2D eigenvalue weighted by molar-refractivity contribution is -0.120. The molecule has 1 N–H and O–H groups in total. The molecule has 3 aromatic rings. The van der Waals surface area contributed by atoms with Crippen LogP contribution in [0.25, 0.3) is 5.57 Å². The molecule has 0 aromatic heterocycles. The molecule has 1 aliphatic heterocycles. The fraction of sp³-hybridized carbons (Fsp3) is 0.214. The zero-order chi connectivity index (χ0) is 23.2. The highest BCUT2D eigenvalue weighted by Crippen LogP contribution is 2.36. The summed E-state index contributed by atoms with van der Waals surface area (Å²) < 4.78 is 0. The second kappa shape index (κ2) is 8.12. The molecule has 0 saturated heterocycles. The number of imide groups is 1. The second-order valence-corrected chi connectivity index (χ2v) is 8.80. The van der Waals surface area contributed by atoms with E-state index in [9.17, 15) is 9.59 Å². The van der Waals surface area contributed by atoms with Gasteiger partial charge in [0.1, 0.15) is 5.70 Å². The van der Waals surface area contributed by atoms with Crippen LogP contribution in [0.4, 0.5) is 11.4 Å². The van der Waals surface area contributed by atoms with Crippen LogP contribution >= 0.6 is 0 Å². The predicted molar refractivity (Wildman–Crippen MR) is 131 cm³/mol. The van der Waals surface area contributed by atoms with E-state index in [0.29, 0.717) is 17.0 Å². The summed E-state index contributed by atoms with van der Waals surface area (Å²) >= 11 is 0. The Balaban J connectivity index is 1.89. The average Bonchev–Trinajstić information content (AvgIpc) is 2.93. The number of anilines is 2. The SMILES string of the molecule is Cc1cc(C)cc(N2C(=O)C(Nc3ccc(C)cc3C)=C(c3ccc(C)cc3C)C2=O)c1. The summed E-state index contributed by atoms with van der Waals surface area (Å²) in [4.78, 5) is 28.7. The van der Waals surface area contributed by atoms with Crippen molar-refractivity contribution < 1.29 is 9.59 Å². The number of rotatable bonds is 4. The molecule has 2 amide bonds. The minimum atomic E-state index is -0.338. The third-order valence-corrected chi connectivity index (χ3v) is 5.84. The molecule has 3 aromatic carbocycles. The molecule has 0 fully saturated rings. The minimum absolute atomic E-state index is 0.306. The van der Waals surface area contributed by atoms with E-state index in [1.807, 2.05) is 90.1 Å². The van der Waals surface area contributed by atoms with Gasteiger partial charge in [0.15, 0.2) is 0 Å². The van der Waals surface area contributed by atoms with Crippen molar-refractivity contribution in [3.8, 4) is 0 Å². The Morgan fingerprint density at radius 3 is 1.81 bits per heavy atom. The van der Waals surface area contributed by atoms with E-state index < -0.39 is 0 Å². The molecule has 4 heteroatoms. The van der Waals surface area contributed by atoms with E-state index in [2.05, 4.69) is 11.4 Å². The summed E-state index contributed by atoms with van der Waals surface area (Å²) in [6.45, 7) is 12.0. The lowest BCUT2D eigenvalue weighted by Crippen LogP contribution is -2.32. The highest BCUT2D eigenvalue weighted by molar-refractivity contribution is 6.46. The van der Waals surface area contributed by atoms with Crippen LogP contribution in [0, 0.1) is 41.5 Å². The molecule has 0 unspecified atom stereocenters. The molecule has 1 aliphatic rings. The highest BCUT2D eigenvalue weighted by Gasteiger charge is 2.41. The van der Waals surface area contributed by atoms with Gasteiger partial charge >= 0.3 is 0 Å². The van der Waals surface area contributed by atoms with Crippen molar-refractivity contribution in [1.82, 2.24) is 0 Å². The standard InChI is InChI=1S/C28H28N2O2/c1-16-7-9-23(20(5)12-16)25-26(29-24-10-8-17(2)13-21(24)6)28(32)30(27(25)31)22-14-18(3)11-19(4)15-22/h7-15,29H,1-6H3. The van der Waals surface area contributed by atoms with Gasteiger partial charge in [0.25, 0.3) is 11.8 Å². The van der Waals surface area contributed by atoms with Gasteiger partial charge in [0.2, 0.25) is 0 Å². The summed E-state index contributed by atoms with van der Waals surface area (Å²) in [6, 6.07) is 17.7. The first-order chi connectivity index (χ1) is 15.2. The molecular formula is C28H28N2O2. The fourth-order valence-corrected chi connectivity index (χ4v) is 4.39. The van der Waals surface area contributed by atoms with Crippen LogP contribution in [-0.2, 0) is 9.59 Å². The van der Waals surface area contributed by atoms with Crippen molar-refractivity contribution in [3.05, 3.63) is 99.2 Å². The van der Waals surface area contributed by atoms with Gasteiger partial charge < -0.3 is 5.32 Å².